The summed E-state index contributed by atoms with van der Waals surface area (Å²) in [5, 5.41) is 0. The van der Waals surface area contributed by atoms with Gasteiger partial charge in [0.1, 0.15) is 16.1 Å². The van der Waals surface area contributed by atoms with Crippen LogP contribution in [0.2, 0.25) is 0 Å². The lowest BCUT2D eigenvalue weighted by atomic mass is 9.87. The normalized spacial score (nSPS) is 16.7. The SMILES string of the molecule is CC(C)(C)[S@@+]([O-])/N=C/CCCCc1cccc2c1CCCC2. The van der Waals surface area contributed by atoms with Crippen molar-refractivity contribution in [1.29, 1.82) is 0 Å². The third-order valence-electron chi connectivity index (χ3n) is 4.22. The summed E-state index contributed by atoms with van der Waals surface area (Å²) < 4.78 is 15.7. The first-order valence-electron chi connectivity index (χ1n) is 8.52. The molecule has 0 radical (unpaired) electrons. The molecule has 0 heterocycles. The van der Waals surface area contributed by atoms with Gasteiger partial charge < -0.3 is 4.55 Å². The van der Waals surface area contributed by atoms with E-state index in [4.69, 9.17) is 0 Å². The number of aryl methyl sites for hydroxylation is 2. The lowest BCUT2D eigenvalue weighted by Crippen LogP contribution is -2.25. The molecule has 3 heteroatoms. The van der Waals surface area contributed by atoms with Crippen molar-refractivity contribution in [3.05, 3.63) is 34.9 Å². The Morgan fingerprint density at radius 3 is 2.73 bits per heavy atom. The van der Waals surface area contributed by atoms with Crippen molar-refractivity contribution in [3.63, 3.8) is 0 Å². The third-order valence-corrected chi connectivity index (χ3v) is 5.60. The minimum Gasteiger partial charge on any atom is -0.591 e. The van der Waals surface area contributed by atoms with Crippen LogP contribution in [0.25, 0.3) is 0 Å². The van der Waals surface area contributed by atoms with Gasteiger partial charge in [-0.15, -0.1) is 0 Å². The van der Waals surface area contributed by atoms with Crippen LogP contribution in [0.3, 0.4) is 0 Å². The second-order valence-electron chi connectivity index (χ2n) is 7.16. The molecule has 1 atom stereocenters. The molecule has 22 heavy (non-hydrogen) atoms. The van der Waals surface area contributed by atoms with Crippen LogP contribution in [0.4, 0.5) is 0 Å². The van der Waals surface area contributed by atoms with E-state index in [1.807, 2.05) is 27.0 Å². The molecule has 1 aromatic rings. The average Bonchev–Trinajstić information content (AvgIpc) is 2.49. The molecule has 0 aliphatic heterocycles. The van der Waals surface area contributed by atoms with Crippen LogP contribution in [0.1, 0.15) is 69.6 Å². The smallest absolute Gasteiger partial charge is 0.144 e. The fraction of sp³-hybridized carbons (Fsp3) is 0.632. The Morgan fingerprint density at radius 1 is 1.18 bits per heavy atom. The summed E-state index contributed by atoms with van der Waals surface area (Å²) in [7, 11) is 0. The van der Waals surface area contributed by atoms with Gasteiger partial charge in [-0.05, 0) is 88.8 Å². The van der Waals surface area contributed by atoms with E-state index in [0.717, 1.165) is 12.8 Å². The molecule has 2 nitrogen and oxygen atoms in total. The largest absolute Gasteiger partial charge is 0.591 e. The summed E-state index contributed by atoms with van der Waals surface area (Å²) in [6.07, 6.45) is 11.5. The molecule has 0 bridgehead atoms. The van der Waals surface area contributed by atoms with Gasteiger partial charge in [0.2, 0.25) is 0 Å². The van der Waals surface area contributed by atoms with Gasteiger partial charge in [-0.25, -0.2) is 0 Å². The molecule has 1 aliphatic rings. The summed E-state index contributed by atoms with van der Waals surface area (Å²) in [6, 6.07) is 6.81. The Hall–Kier alpha value is -0.800. The fourth-order valence-electron chi connectivity index (χ4n) is 2.92. The molecule has 0 N–H and O–H groups in total. The molecule has 0 aromatic heterocycles. The van der Waals surface area contributed by atoms with Gasteiger partial charge in [0.15, 0.2) is 0 Å². The van der Waals surface area contributed by atoms with Gasteiger partial charge in [0.25, 0.3) is 0 Å². The molecule has 0 spiro atoms. The first-order valence-corrected chi connectivity index (χ1v) is 9.63. The summed E-state index contributed by atoms with van der Waals surface area (Å²) in [5.41, 5.74) is 4.74. The lowest BCUT2D eigenvalue weighted by Gasteiger charge is -2.19. The monoisotopic (exact) mass is 319 g/mol. The highest BCUT2D eigenvalue weighted by Crippen LogP contribution is 2.25. The first kappa shape index (κ1) is 17.6. The van der Waals surface area contributed by atoms with Crippen LogP contribution in [-0.2, 0) is 30.6 Å². The van der Waals surface area contributed by atoms with Crippen LogP contribution in [-0.4, -0.2) is 15.5 Å². The van der Waals surface area contributed by atoms with Gasteiger partial charge in [0, 0.05) is 0 Å². The van der Waals surface area contributed by atoms with E-state index < -0.39 is 11.4 Å². The molecule has 122 valence electrons. The molecule has 1 aliphatic carbocycles. The van der Waals surface area contributed by atoms with Crippen LogP contribution >= 0.6 is 0 Å². The van der Waals surface area contributed by atoms with Gasteiger partial charge in [-0.2, -0.15) is 0 Å². The lowest BCUT2D eigenvalue weighted by molar-refractivity contribution is 0.561. The highest BCUT2D eigenvalue weighted by Gasteiger charge is 2.25. The van der Waals surface area contributed by atoms with E-state index in [0.29, 0.717) is 0 Å². The number of nitrogens with zero attached hydrogens (tertiary/aromatic N) is 1. The number of benzene rings is 1. The maximum atomic E-state index is 11.8. The molecule has 2 rings (SSSR count). The van der Waals surface area contributed by atoms with Crippen molar-refractivity contribution < 1.29 is 4.55 Å². The number of rotatable bonds is 6. The minimum atomic E-state index is -1.11. The molecular formula is C19H29NOS. The number of unbranched alkanes of at least 4 members (excludes halogenated alkanes) is 2. The second-order valence-corrected chi connectivity index (χ2v) is 9.09. The standard InChI is InChI=1S/C19H29NOS/c1-19(2,3)22(21)20-15-8-4-5-10-16-12-9-13-17-11-6-7-14-18(16)17/h9,12-13,15H,4-8,10-11,14H2,1-3H3/b20-15+/t22-/m1/s1. The third kappa shape index (κ3) is 5.13. The predicted octanol–water partition coefficient (Wildman–Crippen LogP) is 4.81. The van der Waals surface area contributed by atoms with Gasteiger partial charge in [-0.1, -0.05) is 22.6 Å². The number of hydrogen-bond acceptors (Lipinski definition) is 2. The maximum Gasteiger partial charge on any atom is 0.144 e. The van der Waals surface area contributed by atoms with E-state index in [1.54, 1.807) is 16.7 Å². The molecule has 0 saturated heterocycles. The van der Waals surface area contributed by atoms with E-state index in [-0.39, 0.29) is 4.75 Å². The van der Waals surface area contributed by atoms with E-state index in [9.17, 15) is 4.55 Å². The summed E-state index contributed by atoms with van der Waals surface area (Å²) in [6.45, 7) is 5.87. The van der Waals surface area contributed by atoms with Crippen LogP contribution in [0.5, 0.6) is 0 Å². The topological polar surface area (TPSA) is 35.4 Å². The van der Waals surface area contributed by atoms with E-state index in [2.05, 4.69) is 22.6 Å². The van der Waals surface area contributed by atoms with Crippen molar-refractivity contribution in [2.24, 2.45) is 4.40 Å². The zero-order valence-corrected chi connectivity index (χ0v) is 15.0. The Morgan fingerprint density at radius 2 is 1.95 bits per heavy atom. The molecule has 0 saturated carbocycles. The molecular weight excluding hydrogens is 290 g/mol. The van der Waals surface area contributed by atoms with Crippen molar-refractivity contribution >= 4 is 17.6 Å². The number of fused-ring (bicyclic) bond motifs is 1. The van der Waals surface area contributed by atoms with Gasteiger partial charge in [-0.3, -0.25) is 0 Å². The molecule has 0 amide bonds. The highest BCUT2D eigenvalue weighted by atomic mass is 32.2. The highest BCUT2D eigenvalue weighted by molar-refractivity contribution is 7.91. The van der Waals surface area contributed by atoms with Crippen LogP contribution in [0.15, 0.2) is 22.6 Å². The van der Waals surface area contributed by atoms with Crippen LogP contribution < -0.4 is 0 Å². The molecule has 1 aromatic carbocycles. The van der Waals surface area contributed by atoms with E-state index in [1.165, 1.54) is 38.5 Å². The summed E-state index contributed by atoms with van der Waals surface area (Å²) in [4.78, 5) is 0. The molecule has 0 fully saturated rings. The second kappa shape index (κ2) is 8.16. The number of hydrogen-bond donors (Lipinski definition) is 0. The minimum absolute atomic E-state index is 0.250. The van der Waals surface area contributed by atoms with Gasteiger partial charge in [0.05, 0.1) is 6.21 Å². The van der Waals surface area contributed by atoms with E-state index >= 15 is 0 Å². The fourth-order valence-corrected chi connectivity index (χ4v) is 3.48. The zero-order chi connectivity index (χ0) is 16.0. The quantitative estimate of drug-likeness (QED) is 0.421. The Kier molecular flexibility index (Phi) is 6.51. The zero-order valence-electron chi connectivity index (χ0n) is 14.2. The molecule has 0 unspecified atom stereocenters. The summed E-state index contributed by atoms with van der Waals surface area (Å²) in [5.74, 6) is 0. The average molecular weight is 320 g/mol. The predicted molar refractivity (Wildman–Crippen MR) is 97.0 cm³/mol. The van der Waals surface area contributed by atoms with Crippen molar-refractivity contribution in [3.8, 4) is 0 Å². The van der Waals surface area contributed by atoms with Crippen molar-refractivity contribution in [2.45, 2.75) is 76.9 Å². The van der Waals surface area contributed by atoms with Crippen molar-refractivity contribution in [1.82, 2.24) is 0 Å². The van der Waals surface area contributed by atoms with Gasteiger partial charge >= 0.3 is 0 Å². The summed E-state index contributed by atoms with van der Waals surface area (Å²) >= 11 is -1.11. The Labute approximate surface area is 138 Å². The maximum absolute atomic E-state index is 11.8. The Balaban J connectivity index is 1.75. The van der Waals surface area contributed by atoms with Crippen LogP contribution in [0, 0.1) is 0 Å². The Bertz CT molecular complexity index is 505. The first-order chi connectivity index (χ1) is 10.5. The van der Waals surface area contributed by atoms with Crippen molar-refractivity contribution in [2.75, 3.05) is 0 Å².